The molecule has 4 nitrogen and oxygen atoms in total. The van der Waals surface area contributed by atoms with Gasteiger partial charge in [0.2, 0.25) is 0 Å². The molecular formula is C10H5BrFNO3. The van der Waals surface area contributed by atoms with Crippen molar-refractivity contribution in [3.8, 4) is 11.3 Å². The van der Waals surface area contributed by atoms with Crippen LogP contribution in [0, 0.1) is 5.82 Å². The minimum absolute atomic E-state index is 0.185. The predicted molar refractivity (Wildman–Crippen MR) is 56.6 cm³/mol. The molecule has 2 aromatic rings. The second kappa shape index (κ2) is 4.05. The third-order valence-electron chi connectivity index (χ3n) is 1.93. The number of carboxylic acids is 1. The molecule has 0 amide bonds. The van der Waals surface area contributed by atoms with Gasteiger partial charge >= 0.3 is 5.97 Å². The van der Waals surface area contributed by atoms with E-state index in [0.717, 1.165) is 0 Å². The summed E-state index contributed by atoms with van der Waals surface area (Å²) >= 11 is 3.03. The lowest BCUT2D eigenvalue weighted by atomic mass is 10.1. The Morgan fingerprint density at radius 3 is 2.75 bits per heavy atom. The first-order valence-electron chi connectivity index (χ1n) is 4.23. The van der Waals surface area contributed by atoms with Crippen molar-refractivity contribution in [3.63, 3.8) is 0 Å². The Morgan fingerprint density at radius 1 is 1.44 bits per heavy atom. The second-order valence-electron chi connectivity index (χ2n) is 3.01. The lowest BCUT2D eigenvalue weighted by molar-refractivity contribution is 0.0686. The summed E-state index contributed by atoms with van der Waals surface area (Å²) in [7, 11) is 0. The molecule has 0 aliphatic heterocycles. The molecule has 0 radical (unpaired) electrons. The van der Waals surface area contributed by atoms with E-state index in [1.165, 1.54) is 24.3 Å². The highest BCUT2D eigenvalue weighted by molar-refractivity contribution is 9.10. The van der Waals surface area contributed by atoms with E-state index in [1.54, 1.807) is 0 Å². The van der Waals surface area contributed by atoms with Crippen LogP contribution in [0.5, 0.6) is 0 Å². The van der Waals surface area contributed by atoms with Crippen molar-refractivity contribution in [3.05, 3.63) is 40.2 Å². The zero-order chi connectivity index (χ0) is 11.7. The van der Waals surface area contributed by atoms with Crippen LogP contribution < -0.4 is 0 Å². The van der Waals surface area contributed by atoms with Gasteiger partial charge in [-0.25, -0.2) is 9.18 Å². The number of aromatic carboxylic acids is 1. The molecule has 0 bridgehead atoms. The number of carboxylic acid groups (broad SMARTS) is 1. The van der Waals surface area contributed by atoms with E-state index in [2.05, 4.69) is 21.1 Å². The molecule has 1 aromatic carbocycles. The number of nitrogens with zero attached hydrogens (tertiary/aromatic N) is 1. The topological polar surface area (TPSA) is 63.3 Å². The average Bonchev–Trinajstić information content (AvgIpc) is 2.71. The summed E-state index contributed by atoms with van der Waals surface area (Å²) in [5.74, 6) is -1.30. The first-order chi connectivity index (χ1) is 7.58. The van der Waals surface area contributed by atoms with Crippen LogP contribution in [-0.4, -0.2) is 16.2 Å². The van der Waals surface area contributed by atoms with Gasteiger partial charge in [0, 0.05) is 11.6 Å². The summed E-state index contributed by atoms with van der Waals surface area (Å²) in [5, 5.41) is 12.0. The molecule has 0 saturated heterocycles. The Labute approximate surface area is 97.8 Å². The van der Waals surface area contributed by atoms with Crippen molar-refractivity contribution in [1.82, 2.24) is 5.16 Å². The third-order valence-corrected chi connectivity index (χ3v) is 2.54. The van der Waals surface area contributed by atoms with Gasteiger partial charge in [-0.2, -0.15) is 0 Å². The van der Waals surface area contributed by atoms with Crippen LogP contribution in [-0.2, 0) is 0 Å². The van der Waals surface area contributed by atoms with Crippen molar-refractivity contribution in [2.24, 2.45) is 0 Å². The van der Waals surface area contributed by atoms with Crippen LogP contribution >= 0.6 is 15.9 Å². The smallest absolute Gasteiger partial charge is 0.358 e. The van der Waals surface area contributed by atoms with E-state index in [4.69, 9.17) is 9.63 Å². The highest BCUT2D eigenvalue weighted by Crippen LogP contribution is 2.25. The van der Waals surface area contributed by atoms with Crippen LogP contribution in [0.4, 0.5) is 4.39 Å². The molecule has 82 valence electrons. The lowest BCUT2D eigenvalue weighted by Gasteiger charge is -1.97. The highest BCUT2D eigenvalue weighted by Gasteiger charge is 2.12. The van der Waals surface area contributed by atoms with Gasteiger partial charge in [-0.1, -0.05) is 5.16 Å². The average molecular weight is 286 g/mol. The van der Waals surface area contributed by atoms with Crippen LogP contribution in [0.1, 0.15) is 10.5 Å². The van der Waals surface area contributed by atoms with E-state index in [1.807, 2.05) is 0 Å². The van der Waals surface area contributed by atoms with Gasteiger partial charge in [-0.3, -0.25) is 0 Å². The maximum Gasteiger partial charge on any atom is 0.358 e. The Bertz CT molecular complexity index is 553. The third kappa shape index (κ3) is 1.96. The minimum Gasteiger partial charge on any atom is -0.476 e. The summed E-state index contributed by atoms with van der Waals surface area (Å²) in [6.07, 6.45) is 0. The molecule has 0 spiro atoms. The summed E-state index contributed by atoms with van der Waals surface area (Å²) in [5.41, 5.74) is 0.365. The Morgan fingerprint density at radius 2 is 2.19 bits per heavy atom. The Hall–Kier alpha value is -1.69. The molecule has 0 saturated carbocycles. The summed E-state index contributed by atoms with van der Waals surface area (Å²) in [4.78, 5) is 10.6. The zero-order valence-corrected chi connectivity index (χ0v) is 9.36. The molecule has 16 heavy (non-hydrogen) atoms. The SMILES string of the molecule is O=C(O)c1cc(-c2ccc(F)c(Br)c2)on1. The standard InChI is InChI=1S/C10H5BrFNO3/c11-6-3-5(1-2-7(6)12)9-4-8(10(14)15)13-16-9/h1-4H,(H,14,15). The minimum atomic E-state index is -1.17. The fourth-order valence-corrected chi connectivity index (χ4v) is 1.54. The van der Waals surface area contributed by atoms with Crippen molar-refractivity contribution in [2.45, 2.75) is 0 Å². The van der Waals surface area contributed by atoms with Crippen molar-refractivity contribution >= 4 is 21.9 Å². The van der Waals surface area contributed by atoms with E-state index in [-0.39, 0.29) is 15.9 Å². The van der Waals surface area contributed by atoms with E-state index in [9.17, 15) is 9.18 Å². The van der Waals surface area contributed by atoms with Gasteiger partial charge in [0.15, 0.2) is 11.5 Å². The normalized spacial score (nSPS) is 10.4. The molecule has 2 rings (SSSR count). The van der Waals surface area contributed by atoms with Gasteiger partial charge in [-0.15, -0.1) is 0 Å². The summed E-state index contributed by atoms with van der Waals surface area (Å²) < 4.78 is 18.1. The maximum absolute atomic E-state index is 13.0. The predicted octanol–water partition coefficient (Wildman–Crippen LogP) is 2.94. The van der Waals surface area contributed by atoms with Crippen LogP contribution in [0.2, 0.25) is 0 Å². The fraction of sp³-hybridized carbons (Fsp3) is 0. The number of benzene rings is 1. The van der Waals surface area contributed by atoms with Crippen LogP contribution in [0.3, 0.4) is 0 Å². The number of hydrogen-bond acceptors (Lipinski definition) is 3. The van der Waals surface area contributed by atoms with Gasteiger partial charge in [0.25, 0.3) is 0 Å². The highest BCUT2D eigenvalue weighted by atomic mass is 79.9. The molecule has 0 fully saturated rings. The maximum atomic E-state index is 13.0. The van der Waals surface area contributed by atoms with E-state index in [0.29, 0.717) is 5.56 Å². The number of halogens is 2. The molecule has 1 aromatic heterocycles. The van der Waals surface area contributed by atoms with Crippen LogP contribution in [0.15, 0.2) is 33.3 Å². The van der Waals surface area contributed by atoms with Crippen molar-refractivity contribution in [2.75, 3.05) is 0 Å². The van der Waals surface area contributed by atoms with Crippen molar-refractivity contribution in [1.29, 1.82) is 0 Å². The van der Waals surface area contributed by atoms with Gasteiger partial charge in [0.05, 0.1) is 4.47 Å². The molecule has 0 atom stereocenters. The molecule has 0 aliphatic carbocycles. The van der Waals surface area contributed by atoms with Gasteiger partial charge < -0.3 is 9.63 Å². The number of aromatic nitrogens is 1. The molecule has 1 heterocycles. The van der Waals surface area contributed by atoms with E-state index >= 15 is 0 Å². The Kier molecular flexibility index (Phi) is 2.74. The zero-order valence-electron chi connectivity index (χ0n) is 7.78. The fourth-order valence-electron chi connectivity index (χ4n) is 1.16. The first-order valence-corrected chi connectivity index (χ1v) is 5.02. The number of carbonyl (C=O) groups is 1. The van der Waals surface area contributed by atoms with Crippen LogP contribution in [0.25, 0.3) is 11.3 Å². The summed E-state index contributed by atoms with van der Waals surface area (Å²) in [6, 6.07) is 5.50. The van der Waals surface area contributed by atoms with E-state index < -0.39 is 11.8 Å². The van der Waals surface area contributed by atoms with Gasteiger partial charge in [-0.05, 0) is 34.1 Å². The summed E-state index contributed by atoms with van der Waals surface area (Å²) in [6.45, 7) is 0. The van der Waals surface area contributed by atoms with Crippen molar-refractivity contribution < 1.29 is 18.8 Å². The lowest BCUT2D eigenvalue weighted by Crippen LogP contribution is -1.94. The monoisotopic (exact) mass is 285 g/mol. The number of hydrogen-bond donors (Lipinski definition) is 1. The molecule has 6 heteroatoms. The largest absolute Gasteiger partial charge is 0.476 e. The second-order valence-corrected chi connectivity index (χ2v) is 3.86. The van der Waals surface area contributed by atoms with Gasteiger partial charge in [0.1, 0.15) is 5.82 Å². The first kappa shape index (κ1) is 10.8. The number of rotatable bonds is 2. The molecule has 0 unspecified atom stereocenters. The Balaban J connectivity index is 2.42. The molecule has 1 N–H and O–H groups in total. The quantitative estimate of drug-likeness (QED) is 0.921. The molecular weight excluding hydrogens is 281 g/mol. The molecule has 0 aliphatic rings.